The summed E-state index contributed by atoms with van der Waals surface area (Å²) in [6, 6.07) is 16.1. The van der Waals surface area contributed by atoms with Gasteiger partial charge in [-0.25, -0.2) is 0 Å². The maximum atomic E-state index is 12.9. The van der Waals surface area contributed by atoms with Gasteiger partial charge in [-0.3, -0.25) is 9.59 Å². The number of hydrogen-bond donors (Lipinski definition) is 0. The number of carbonyl (C=O) groups is 1. The highest BCUT2D eigenvalue weighted by molar-refractivity contribution is 6.33. The van der Waals surface area contributed by atoms with Crippen LogP contribution in [0.4, 0.5) is 5.69 Å². The molecule has 162 valence electrons. The number of rotatable bonds is 3. The Hall–Kier alpha value is -3.29. The molecule has 0 saturated carbocycles. The number of nitrogens with zero attached hydrogens (tertiary/aromatic N) is 4. The molecule has 1 saturated heterocycles. The first-order valence-corrected chi connectivity index (χ1v) is 10.8. The molecule has 0 aliphatic carbocycles. The number of carbonyl (C=O) groups excluding carboxylic acids is 1. The van der Waals surface area contributed by atoms with Gasteiger partial charge in [-0.05, 0) is 36.4 Å². The average molecular weight is 469 g/mol. The summed E-state index contributed by atoms with van der Waals surface area (Å²) in [5, 5.41) is 5.78. The lowest BCUT2D eigenvalue weighted by molar-refractivity contribution is 0.0717. The zero-order valence-electron chi connectivity index (χ0n) is 16.9. The summed E-state index contributed by atoms with van der Waals surface area (Å²) in [6.07, 6.45) is 1.59. The third kappa shape index (κ3) is 3.74. The molecule has 1 fully saturated rings. The van der Waals surface area contributed by atoms with Gasteiger partial charge in [0.25, 0.3) is 11.5 Å². The molecule has 32 heavy (non-hydrogen) atoms. The van der Waals surface area contributed by atoms with Crippen molar-refractivity contribution in [2.45, 2.75) is 0 Å². The van der Waals surface area contributed by atoms with Crippen LogP contribution < -0.4 is 10.5 Å². The van der Waals surface area contributed by atoms with E-state index in [4.69, 9.17) is 27.6 Å². The SMILES string of the molecule is O=C(c1cc2cc(Cl)ccc2o1)N1CCN(c2cnn(-c3ccccc3)c(=O)c2Cl)CC1. The van der Waals surface area contributed by atoms with Crippen LogP contribution in [0.25, 0.3) is 16.7 Å². The van der Waals surface area contributed by atoms with Crippen molar-refractivity contribution in [3.05, 3.63) is 87.0 Å². The van der Waals surface area contributed by atoms with Gasteiger partial charge >= 0.3 is 0 Å². The fourth-order valence-corrected chi connectivity index (χ4v) is 4.25. The highest BCUT2D eigenvalue weighted by Crippen LogP contribution is 2.26. The van der Waals surface area contributed by atoms with Gasteiger partial charge in [0, 0.05) is 36.6 Å². The minimum Gasteiger partial charge on any atom is -0.451 e. The van der Waals surface area contributed by atoms with Gasteiger partial charge in [-0.15, -0.1) is 0 Å². The third-order valence-corrected chi connectivity index (χ3v) is 6.09. The molecule has 0 atom stereocenters. The van der Waals surface area contributed by atoms with Gasteiger partial charge in [0.15, 0.2) is 5.76 Å². The Morgan fingerprint density at radius 3 is 2.47 bits per heavy atom. The van der Waals surface area contributed by atoms with Gasteiger partial charge in [0.2, 0.25) is 0 Å². The fourth-order valence-electron chi connectivity index (χ4n) is 3.82. The number of para-hydroxylation sites is 1. The summed E-state index contributed by atoms with van der Waals surface area (Å²) >= 11 is 12.4. The van der Waals surface area contributed by atoms with Crippen molar-refractivity contribution in [1.82, 2.24) is 14.7 Å². The number of amides is 1. The van der Waals surface area contributed by atoms with Crippen LogP contribution in [0.15, 0.2) is 70.0 Å². The van der Waals surface area contributed by atoms with Gasteiger partial charge in [0.05, 0.1) is 17.6 Å². The third-order valence-electron chi connectivity index (χ3n) is 5.50. The summed E-state index contributed by atoms with van der Waals surface area (Å²) in [5.74, 6) is 0.0987. The standard InChI is InChI=1S/C23H18Cl2N4O3/c24-16-6-7-19-15(12-16)13-20(32-19)22(30)28-10-8-27(9-11-28)18-14-26-29(23(31)21(18)25)17-4-2-1-3-5-17/h1-7,12-14H,8-11H2. The van der Waals surface area contributed by atoms with Crippen LogP contribution in [0.5, 0.6) is 0 Å². The molecule has 1 amide bonds. The second-order valence-electron chi connectivity index (χ2n) is 7.47. The first-order chi connectivity index (χ1) is 15.5. The molecule has 2 aromatic carbocycles. The highest BCUT2D eigenvalue weighted by atomic mass is 35.5. The van der Waals surface area contributed by atoms with E-state index < -0.39 is 0 Å². The van der Waals surface area contributed by atoms with E-state index in [0.29, 0.717) is 48.2 Å². The van der Waals surface area contributed by atoms with Crippen molar-refractivity contribution in [2.24, 2.45) is 0 Å². The van der Waals surface area contributed by atoms with Crippen molar-refractivity contribution >= 4 is 45.8 Å². The van der Waals surface area contributed by atoms with E-state index in [0.717, 1.165) is 5.39 Å². The smallest absolute Gasteiger partial charge is 0.292 e. The van der Waals surface area contributed by atoms with Crippen molar-refractivity contribution in [2.75, 3.05) is 31.1 Å². The highest BCUT2D eigenvalue weighted by Gasteiger charge is 2.26. The maximum absolute atomic E-state index is 12.9. The largest absolute Gasteiger partial charge is 0.451 e. The molecule has 2 aromatic heterocycles. The molecule has 0 unspecified atom stereocenters. The molecule has 1 aliphatic rings. The van der Waals surface area contributed by atoms with E-state index >= 15 is 0 Å². The Morgan fingerprint density at radius 1 is 0.969 bits per heavy atom. The Kier molecular flexibility index (Phi) is 5.36. The van der Waals surface area contributed by atoms with Gasteiger partial charge in [-0.2, -0.15) is 9.78 Å². The zero-order chi connectivity index (χ0) is 22.2. The van der Waals surface area contributed by atoms with E-state index in [1.807, 2.05) is 23.1 Å². The van der Waals surface area contributed by atoms with Crippen molar-refractivity contribution in [3.63, 3.8) is 0 Å². The summed E-state index contributed by atoms with van der Waals surface area (Å²) in [7, 11) is 0. The lowest BCUT2D eigenvalue weighted by Crippen LogP contribution is -2.49. The first-order valence-electron chi connectivity index (χ1n) is 10.1. The number of furan rings is 1. The van der Waals surface area contributed by atoms with E-state index in [9.17, 15) is 9.59 Å². The second kappa shape index (κ2) is 8.33. The summed E-state index contributed by atoms with van der Waals surface area (Å²) in [4.78, 5) is 29.4. The Bertz CT molecular complexity index is 1360. The maximum Gasteiger partial charge on any atom is 0.292 e. The van der Waals surface area contributed by atoms with Gasteiger partial charge in [-0.1, -0.05) is 41.4 Å². The van der Waals surface area contributed by atoms with E-state index in [1.54, 1.807) is 47.5 Å². The molecule has 0 N–H and O–H groups in total. The molecule has 3 heterocycles. The van der Waals surface area contributed by atoms with Crippen LogP contribution in [0, 0.1) is 0 Å². The van der Waals surface area contributed by atoms with Crippen molar-refractivity contribution < 1.29 is 9.21 Å². The predicted molar refractivity (Wildman–Crippen MR) is 124 cm³/mol. The molecule has 0 bridgehead atoms. The van der Waals surface area contributed by atoms with Gasteiger partial charge in [0.1, 0.15) is 10.6 Å². The minimum atomic E-state index is -0.380. The molecule has 7 nitrogen and oxygen atoms in total. The normalized spacial score (nSPS) is 14.2. The Labute approximate surface area is 193 Å². The number of hydrogen-bond acceptors (Lipinski definition) is 5. The summed E-state index contributed by atoms with van der Waals surface area (Å²) in [5.41, 5.74) is 1.45. The number of halogens is 2. The van der Waals surface area contributed by atoms with Crippen LogP contribution in [0.1, 0.15) is 10.6 Å². The van der Waals surface area contributed by atoms with Crippen LogP contribution in [-0.4, -0.2) is 46.8 Å². The van der Waals surface area contributed by atoms with E-state index in [1.165, 1.54) is 4.68 Å². The van der Waals surface area contributed by atoms with Crippen LogP contribution in [-0.2, 0) is 0 Å². The molecule has 9 heteroatoms. The molecular weight excluding hydrogens is 451 g/mol. The van der Waals surface area contributed by atoms with E-state index in [2.05, 4.69) is 5.10 Å². The molecular formula is C23H18Cl2N4O3. The molecule has 0 radical (unpaired) electrons. The predicted octanol–water partition coefficient (Wildman–Crippen LogP) is 4.25. The molecule has 4 aromatic rings. The number of aromatic nitrogens is 2. The number of anilines is 1. The molecule has 1 aliphatic heterocycles. The number of fused-ring (bicyclic) bond motifs is 1. The monoisotopic (exact) mass is 468 g/mol. The minimum absolute atomic E-state index is 0.109. The van der Waals surface area contributed by atoms with Crippen LogP contribution in [0.2, 0.25) is 10.0 Å². The quantitative estimate of drug-likeness (QED) is 0.449. The summed E-state index contributed by atoms with van der Waals surface area (Å²) in [6.45, 7) is 1.98. The fraction of sp³-hybridized carbons (Fsp3) is 0.174. The summed E-state index contributed by atoms with van der Waals surface area (Å²) < 4.78 is 6.98. The van der Waals surface area contributed by atoms with Crippen LogP contribution in [0.3, 0.4) is 0 Å². The Morgan fingerprint density at radius 2 is 1.72 bits per heavy atom. The van der Waals surface area contributed by atoms with Crippen LogP contribution >= 0.6 is 23.2 Å². The van der Waals surface area contributed by atoms with Crippen molar-refractivity contribution in [3.8, 4) is 5.69 Å². The lowest BCUT2D eigenvalue weighted by atomic mass is 10.2. The average Bonchev–Trinajstić information content (AvgIpc) is 3.24. The van der Waals surface area contributed by atoms with Gasteiger partial charge < -0.3 is 14.2 Å². The number of piperazine rings is 1. The second-order valence-corrected chi connectivity index (χ2v) is 8.28. The lowest BCUT2D eigenvalue weighted by Gasteiger charge is -2.35. The first kappa shape index (κ1) is 20.6. The van der Waals surface area contributed by atoms with Crippen molar-refractivity contribution in [1.29, 1.82) is 0 Å². The zero-order valence-corrected chi connectivity index (χ0v) is 18.4. The Balaban J connectivity index is 1.31. The van der Waals surface area contributed by atoms with E-state index in [-0.39, 0.29) is 22.2 Å². The topological polar surface area (TPSA) is 71.6 Å². The number of benzene rings is 2. The molecule has 0 spiro atoms. The molecule has 5 rings (SSSR count).